The Bertz CT molecular complexity index is 336. The second-order valence-electron chi connectivity index (χ2n) is 4.54. The molecular formula is C13H22N2O3S. The minimum Gasteiger partial charge on any atom is -0.481 e. The number of carbonyl (C=O) groups is 2. The van der Waals surface area contributed by atoms with E-state index in [0.717, 1.165) is 12.2 Å². The molecule has 1 saturated heterocycles. The summed E-state index contributed by atoms with van der Waals surface area (Å²) in [5, 5.41) is 8.93. The molecule has 1 aliphatic rings. The second-order valence-corrected chi connectivity index (χ2v) is 5.69. The topological polar surface area (TPSA) is 60.9 Å². The summed E-state index contributed by atoms with van der Waals surface area (Å²) in [7, 11) is 0. The lowest BCUT2D eigenvalue weighted by Crippen LogP contribution is -2.52. The van der Waals surface area contributed by atoms with E-state index in [1.54, 1.807) is 27.6 Å². The minimum atomic E-state index is -0.851. The third-order valence-corrected chi connectivity index (χ3v) is 4.09. The van der Waals surface area contributed by atoms with Crippen molar-refractivity contribution in [3.05, 3.63) is 12.7 Å². The van der Waals surface area contributed by atoms with Crippen LogP contribution in [0.4, 0.5) is 4.79 Å². The first kappa shape index (κ1) is 15.9. The van der Waals surface area contributed by atoms with Crippen molar-refractivity contribution >= 4 is 23.8 Å². The van der Waals surface area contributed by atoms with E-state index >= 15 is 0 Å². The van der Waals surface area contributed by atoms with Gasteiger partial charge in [-0.05, 0) is 6.42 Å². The average molecular weight is 286 g/mol. The Morgan fingerprint density at radius 2 is 2.32 bits per heavy atom. The number of hydrogen-bond acceptors (Lipinski definition) is 3. The van der Waals surface area contributed by atoms with Gasteiger partial charge in [-0.3, -0.25) is 4.79 Å². The van der Waals surface area contributed by atoms with Crippen molar-refractivity contribution < 1.29 is 14.7 Å². The molecule has 0 radical (unpaired) electrons. The molecule has 2 amide bonds. The Morgan fingerprint density at radius 1 is 1.58 bits per heavy atom. The van der Waals surface area contributed by atoms with Crippen LogP contribution in [-0.2, 0) is 4.79 Å². The predicted molar refractivity (Wildman–Crippen MR) is 77.5 cm³/mol. The van der Waals surface area contributed by atoms with E-state index in [-0.39, 0.29) is 18.5 Å². The quantitative estimate of drug-likeness (QED) is 0.758. The fourth-order valence-electron chi connectivity index (χ4n) is 2.15. The van der Waals surface area contributed by atoms with E-state index in [1.165, 1.54) is 0 Å². The molecule has 0 aromatic rings. The molecule has 19 heavy (non-hydrogen) atoms. The summed E-state index contributed by atoms with van der Waals surface area (Å²) in [6, 6.07) is -0.263. The predicted octanol–water partition coefficient (Wildman–Crippen LogP) is 1.90. The van der Waals surface area contributed by atoms with Crippen LogP contribution in [0.2, 0.25) is 0 Å². The Morgan fingerprint density at radius 3 is 2.89 bits per heavy atom. The fraction of sp³-hybridized carbons (Fsp3) is 0.692. The fourth-order valence-corrected chi connectivity index (χ4v) is 3.21. The van der Waals surface area contributed by atoms with Gasteiger partial charge < -0.3 is 14.9 Å². The molecular weight excluding hydrogens is 264 g/mol. The maximum absolute atomic E-state index is 12.5. The zero-order valence-electron chi connectivity index (χ0n) is 11.4. The van der Waals surface area contributed by atoms with Crippen molar-refractivity contribution in [2.75, 3.05) is 31.1 Å². The van der Waals surface area contributed by atoms with Crippen LogP contribution in [0.3, 0.4) is 0 Å². The second kappa shape index (κ2) is 8.09. The van der Waals surface area contributed by atoms with Gasteiger partial charge in [0.15, 0.2) is 0 Å². The number of carbonyl (C=O) groups excluding carboxylic acids is 1. The van der Waals surface area contributed by atoms with E-state index in [1.807, 2.05) is 6.92 Å². The van der Waals surface area contributed by atoms with Crippen LogP contribution >= 0.6 is 11.8 Å². The first-order chi connectivity index (χ1) is 9.10. The molecule has 0 bridgehead atoms. The van der Waals surface area contributed by atoms with Gasteiger partial charge in [-0.25, -0.2) is 4.79 Å². The zero-order valence-corrected chi connectivity index (χ0v) is 12.2. The summed E-state index contributed by atoms with van der Waals surface area (Å²) >= 11 is 1.71. The number of thioether (sulfide) groups is 1. The summed E-state index contributed by atoms with van der Waals surface area (Å²) in [6.45, 7) is 7.49. The van der Waals surface area contributed by atoms with Crippen LogP contribution in [0.1, 0.15) is 19.8 Å². The summed E-state index contributed by atoms with van der Waals surface area (Å²) < 4.78 is 0. The van der Waals surface area contributed by atoms with Crippen molar-refractivity contribution in [1.29, 1.82) is 0 Å². The number of amides is 2. The van der Waals surface area contributed by atoms with Gasteiger partial charge in [-0.15, -0.1) is 6.58 Å². The lowest BCUT2D eigenvalue weighted by Gasteiger charge is -2.38. The van der Waals surface area contributed by atoms with Crippen LogP contribution in [0.25, 0.3) is 0 Å². The van der Waals surface area contributed by atoms with Gasteiger partial charge in [0.05, 0.1) is 12.5 Å². The average Bonchev–Trinajstić information content (AvgIpc) is 2.38. The van der Waals surface area contributed by atoms with E-state index in [4.69, 9.17) is 5.11 Å². The van der Waals surface area contributed by atoms with E-state index < -0.39 is 5.97 Å². The number of urea groups is 1. The third-order valence-electron chi connectivity index (χ3n) is 3.00. The maximum Gasteiger partial charge on any atom is 0.320 e. The van der Waals surface area contributed by atoms with Crippen molar-refractivity contribution in [3.63, 3.8) is 0 Å². The van der Waals surface area contributed by atoms with Gasteiger partial charge >= 0.3 is 12.0 Å². The summed E-state index contributed by atoms with van der Waals surface area (Å²) in [4.78, 5) is 26.8. The van der Waals surface area contributed by atoms with Gasteiger partial charge in [0.2, 0.25) is 0 Å². The lowest BCUT2D eigenvalue weighted by molar-refractivity contribution is -0.138. The monoisotopic (exact) mass is 286 g/mol. The first-order valence-corrected chi connectivity index (χ1v) is 7.71. The highest BCUT2D eigenvalue weighted by molar-refractivity contribution is 7.99. The highest BCUT2D eigenvalue weighted by atomic mass is 32.2. The highest BCUT2D eigenvalue weighted by Gasteiger charge is 2.31. The van der Waals surface area contributed by atoms with Crippen LogP contribution < -0.4 is 0 Å². The summed E-state index contributed by atoms with van der Waals surface area (Å²) in [6.07, 6.45) is 2.61. The molecule has 1 fully saturated rings. The normalized spacial score (nSPS) is 19.0. The van der Waals surface area contributed by atoms with E-state index in [2.05, 4.69) is 6.58 Å². The van der Waals surface area contributed by atoms with E-state index in [0.29, 0.717) is 25.4 Å². The molecule has 1 rings (SSSR count). The van der Waals surface area contributed by atoms with Gasteiger partial charge in [0.1, 0.15) is 0 Å². The smallest absolute Gasteiger partial charge is 0.320 e. The molecule has 6 heteroatoms. The number of hydrogen-bond donors (Lipinski definition) is 1. The van der Waals surface area contributed by atoms with Crippen LogP contribution in [0.15, 0.2) is 12.7 Å². The van der Waals surface area contributed by atoms with Gasteiger partial charge in [-0.1, -0.05) is 13.0 Å². The number of carboxylic acid groups (broad SMARTS) is 1. The Hall–Kier alpha value is -1.17. The molecule has 0 aromatic carbocycles. The van der Waals surface area contributed by atoms with Crippen LogP contribution in [-0.4, -0.2) is 64.1 Å². The van der Waals surface area contributed by atoms with Crippen molar-refractivity contribution in [2.24, 2.45) is 0 Å². The molecule has 1 unspecified atom stereocenters. The summed E-state index contributed by atoms with van der Waals surface area (Å²) in [5.41, 5.74) is 0. The van der Waals surface area contributed by atoms with Gasteiger partial charge in [0, 0.05) is 31.1 Å². The van der Waals surface area contributed by atoms with Gasteiger partial charge in [-0.2, -0.15) is 11.8 Å². The molecule has 1 aliphatic heterocycles. The van der Waals surface area contributed by atoms with Crippen molar-refractivity contribution in [1.82, 2.24) is 9.80 Å². The standard InChI is InChI=1S/C13H22N2O3S/c1-3-5-14(6-4-2)13(18)15-7-8-19-10-11(15)9-12(16)17/h3,11H,1,4-10H2,2H3,(H,16,17). The van der Waals surface area contributed by atoms with Crippen LogP contribution in [0, 0.1) is 0 Å². The molecule has 1 atom stereocenters. The van der Waals surface area contributed by atoms with Crippen molar-refractivity contribution in [2.45, 2.75) is 25.8 Å². The molecule has 0 spiro atoms. The van der Waals surface area contributed by atoms with Crippen molar-refractivity contribution in [3.8, 4) is 0 Å². The number of nitrogens with zero attached hydrogens (tertiary/aromatic N) is 2. The summed E-state index contributed by atoms with van der Waals surface area (Å²) in [5.74, 6) is 0.721. The molecule has 1 N–H and O–H groups in total. The zero-order chi connectivity index (χ0) is 14.3. The van der Waals surface area contributed by atoms with E-state index in [9.17, 15) is 9.59 Å². The number of aliphatic carboxylic acids is 1. The Kier molecular flexibility index (Phi) is 6.77. The molecule has 0 saturated carbocycles. The molecule has 5 nitrogen and oxygen atoms in total. The molecule has 0 aliphatic carbocycles. The Balaban J connectivity index is 2.73. The molecule has 108 valence electrons. The first-order valence-electron chi connectivity index (χ1n) is 6.56. The van der Waals surface area contributed by atoms with Gasteiger partial charge in [0.25, 0.3) is 0 Å². The molecule has 0 aromatic heterocycles. The lowest BCUT2D eigenvalue weighted by atomic mass is 10.2. The maximum atomic E-state index is 12.5. The number of rotatable bonds is 6. The minimum absolute atomic E-state index is 0.0206. The highest BCUT2D eigenvalue weighted by Crippen LogP contribution is 2.20. The third kappa shape index (κ3) is 4.78. The Labute approximate surface area is 118 Å². The number of carboxylic acids is 1. The largest absolute Gasteiger partial charge is 0.481 e. The van der Waals surface area contributed by atoms with Crippen LogP contribution in [0.5, 0.6) is 0 Å². The SMILES string of the molecule is C=CCN(CCC)C(=O)N1CCSCC1CC(=O)O. The molecule has 1 heterocycles.